The first-order chi connectivity index (χ1) is 15.5. The van der Waals surface area contributed by atoms with Crippen LogP contribution in [0.3, 0.4) is 0 Å². The lowest BCUT2D eigenvalue weighted by Gasteiger charge is -2.34. The molecule has 1 saturated heterocycles. The second kappa shape index (κ2) is 12.4. The zero-order valence-corrected chi connectivity index (χ0v) is 20.4. The molecular weight excluding hydrogens is 467 g/mol. The Balaban J connectivity index is 1.55. The first kappa shape index (κ1) is 24.7. The fourth-order valence-electron chi connectivity index (χ4n) is 3.67. The number of rotatable bonds is 9. The molecule has 3 rings (SSSR count). The van der Waals surface area contributed by atoms with E-state index in [1.807, 2.05) is 41.5 Å². The summed E-state index contributed by atoms with van der Waals surface area (Å²) in [4.78, 5) is 27.8. The van der Waals surface area contributed by atoms with Gasteiger partial charge < -0.3 is 15.0 Å². The van der Waals surface area contributed by atoms with Crippen LogP contribution >= 0.6 is 35.0 Å². The van der Waals surface area contributed by atoms with Crippen LogP contribution in [-0.4, -0.2) is 54.5 Å². The van der Waals surface area contributed by atoms with Crippen LogP contribution in [0.5, 0.6) is 5.75 Å². The number of piperidine rings is 1. The number of carbonyl (C=O) groups excluding carboxylic acids is 2. The SMILES string of the molecule is CSCCC(NC(=O)c1ccc(Cl)cc1Cl)C(=O)N1CCC(COc2ccccc2)CC1. The summed E-state index contributed by atoms with van der Waals surface area (Å²) >= 11 is 13.7. The predicted molar refractivity (Wildman–Crippen MR) is 132 cm³/mol. The van der Waals surface area contributed by atoms with Gasteiger partial charge in [-0.15, -0.1) is 0 Å². The molecule has 0 bridgehead atoms. The minimum atomic E-state index is -0.584. The van der Waals surface area contributed by atoms with Gasteiger partial charge in [0.25, 0.3) is 5.91 Å². The highest BCUT2D eigenvalue weighted by atomic mass is 35.5. The maximum atomic E-state index is 13.2. The molecule has 1 N–H and O–H groups in total. The standard InChI is InChI=1S/C24H28Cl2N2O3S/c1-32-14-11-22(27-23(29)20-8-7-18(25)15-21(20)26)24(30)28-12-9-17(10-13-28)16-31-19-5-3-2-4-6-19/h2-8,15,17,22H,9-14,16H2,1H3,(H,27,29). The molecule has 1 atom stereocenters. The fraction of sp³-hybridized carbons (Fsp3) is 0.417. The Bertz CT molecular complexity index is 905. The molecule has 2 aromatic carbocycles. The van der Waals surface area contributed by atoms with E-state index in [0.29, 0.717) is 42.6 Å². The topological polar surface area (TPSA) is 58.6 Å². The van der Waals surface area contributed by atoms with Crippen LogP contribution in [0.15, 0.2) is 48.5 Å². The van der Waals surface area contributed by atoms with Crippen molar-refractivity contribution in [3.8, 4) is 5.75 Å². The molecule has 172 valence electrons. The smallest absolute Gasteiger partial charge is 0.253 e. The van der Waals surface area contributed by atoms with E-state index in [9.17, 15) is 9.59 Å². The van der Waals surface area contributed by atoms with E-state index in [4.69, 9.17) is 27.9 Å². The number of para-hydroxylation sites is 1. The number of carbonyl (C=O) groups is 2. The Morgan fingerprint density at radius 2 is 1.88 bits per heavy atom. The van der Waals surface area contributed by atoms with Gasteiger partial charge >= 0.3 is 0 Å². The van der Waals surface area contributed by atoms with Crippen LogP contribution in [0.1, 0.15) is 29.6 Å². The number of amides is 2. The van der Waals surface area contributed by atoms with Gasteiger partial charge in [0.05, 0.1) is 17.2 Å². The van der Waals surface area contributed by atoms with Crippen molar-refractivity contribution in [3.05, 3.63) is 64.1 Å². The van der Waals surface area contributed by atoms with E-state index in [1.54, 1.807) is 23.9 Å². The number of thioether (sulfide) groups is 1. The second-order valence-electron chi connectivity index (χ2n) is 7.82. The van der Waals surface area contributed by atoms with Gasteiger partial charge in [-0.05, 0) is 67.5 Å². The minimum absolute atomic E-state index is 0.0417. The van der Waals surface area contributed by atoms with E-state index in [1.165, 1.54) is 6.07 Å². The van der Waals surface area contributed by atoms with Gasteiger partial charge in [0.1, 0.15) is 11.8 Å². The van der Waals surface area contributed by atoms with E-state index >= 15 is 0 Å². The van der Waals surface area contributed by atoms with Crippen LogP contribution in [-0.2, 0) is 4.79 Å². The third-order valence-corrected chi connectivity index (χ3v) is 6.74. The van der Waals surface area contributed by atoms with Crippen LogP contribution in [0, 0.1) is 5.92 Å². The highest BCUT2D eigenvalue weighted by molar-refractivity contribution is 7.98. The normalized spacial score (nSPS) is 15.3. The first-order valence-electron chi connectivity index (χ1n) is 10.7. The molecule has 1 aliphatic rings. The molecule has 5 nitrogen and oxygen atoms in total. The number of halogens is 2. The van der Waals surface area contributed by atoms with Crippen molar-refractivity contribution in [2.75, 3.05) is 31.7 Å². The van der Waals surface area contributed by atoms with Crippen molar-refractivity contribution in [1.82, 2.24) is 10.2 Å². The summed E-state index contributed by atoms with van der Waals surface area (Å²) in [6, 6.07) is 13.9. The largest absolute Gasteiger partial charge is 0.493 e. The number of ether oxygens (including phenoxy) is 1. The molecule has 2 aromatic rings. The maximum absolute atomic E-state index is 13.2. The van der Waals surface area contributed by atoms with Gasteiger partial charge in [-0.2, -0.15) is 11.8 Å². The van der Waals surface area contributed by atoms with Crippen LogP contribution in [0.4, 0.5) is 0 Å². The molecule has 0 spiro atoms. The lowest BCUT2D eigenvalue weighted by atomic mass is 9.97. The summed E-state index contributed by atoms with van der Waals surface area (Å²) in [5.41, 5.74) is 0.315. The van der Waals surface area contributed by atoms with Gasteiger partial charge in [-0.3, -0.25) is 9.59 Å². The molecule has 1 fully saturated rings. The molecule has 8 heteroatoms. The monoisotopic (exact) mass is 494 g/mol. The summed E-state index contributed by atoms with van der Waals surface area (Å²) < 4.78 is 5.88. The van der Waals surface area contributed by atoms with E-state index < -0.39 is 6.04 Å². The maximum Gasteiger partial charge on any atom is 0.253 e. The van der Waals surface area contributed by atoms with E-state index in [0.717, 1.165) is 24.3 Å². The number of hydrogen-bond acceptors (Lipinski definition) is 4. The summed E-state index contributed by atoms with van der Waals surface area (Å²) in [6.45, 7) is 1.97. The highest BCUT2D eigenvalue weighted by Gasteiger charge is 2.30. The Morgan fingerprint density at radius 1 is 1.16 bits per heavy atom. The number of nitrogens with one attached hydrogen (secondary N) is 1. The van der Waals surface area contributed by atoms with Crippen LogP contribution in [0.25, 0.3) is 0 Å². The molecule has 1 unspecified atom stereocenters. The molecule has 32 heavy (non-hydrogen) atoms. The number of likely N-dealkylation sites (tertiary alicyclic amines) is 1. The van der Waals surface area contributed by atoms with Crippen LogP contribution < -0.4 is 10.1 Å². The molecule has 2 amide bonds. The van der Waals surface area contributed by atoms with Gasteiger partial charge in [0, 0.05) is 18.1 Å². The van der Waals surface area contributed by atoms with Gasteiger partial charge in [0.2, 0.25) is 5.91 Å². The highest BCUT2D eigenvalue weighted by Crippen LogP contribution is 2.23. The fourth-order valence-corrected chi connectivity index (χ4v) is 4.64. The molecule has 1 heterocycles. The van der Waals surface area contributed by atoms with Crippen molar-refractivity contribution in [2.24, 2.45) is 5.92 Å². The van der Waals surface area contributed by atoms with Gasteiger partial charge in [-0.25, -0.2) is 0 Å². The van der Waals surface area contributed by atoms with Crippen molar-refractivity contribution < 1.29 is 14.3 Å². The first-order valence-corrected chi connectivity index (χ1v) is 12.8. The number of benzene rings is 2. The summed E-state index contributed by atoms with van der Waals surface area (Å²) in [5, 5.41) is 3.62. The molecule has 1 aliphatic heterocycles. The third-order valence-electron chi connectivity index (χ3n) is 5.54. The van der Waals surface area contributed by atoms with Crippen molar-refractivity contribution in [2.45, 2.75) is 25.3 Å². The number of nitrogens with zero attached hydrogens (tertiary/aromatic N) is 1. The van der Waals surface area contributed by atoms with Crippen molar-refractivity contribution in [1.29, 1.82) is 0 Å². The van der Waals surface area contributed by atoms with E-state index in [-0.39, 0.29) is 16.8 Å². The zero-order valence-electron chi connectivity index (χ0n) is 18.1. The Morgan fingerprint density at radius 3 is 2.53 bits per heavy atom. The Hall–Kier alpha value is -1.89. The van der Waals surface area contributed by atoms with Crippen LogP contribution in [0.2, 0.25) is 10.0 Å². The van der Waals surface area contributed by atoms with Crippen molar-refractivity contribution in [3.63, 3.8) is 0 Å². The van der Waals surface area contributed by atoms with E-state index in [2.05, 4.69) is 5.32 Å². The second-order valence-corrected chi connectivity index (χ2v) is 9.65. The zero-order chi connectivity index (χ0) is 22.9. The summed E-state index contributed by atoms with van der Waals surface area (Å²) in [5.74, 6) is 1.64. The number of hydrogen-bond donors (Lipinski definition) is 1. The lowest BCUT2D eigenvalue weighted by Crippen LogP contribution is -2.51. The van der Waals surface area contributed by atoms with Gasteiger partial charge in [-0.1, -0.05) is 41.4 Å². The molecule has 0 radical (unpaired) electrons. The summed E-state index contributed by atoms with van der Waals surface area (Å²) in [6.07, 6.45) is 4.31. The summed E-state index contributed by atoms with van der Waals surface area (Å²) in [7, 11) is 0. The lowest BCUT2D eigenvalue weighted by molar-refractivity contribution is -0.134. The third kappa shape index (κ3) is 7.06. The average Bonchev–Trinajstić information content (AvgIpc) is 2.81. The average molecular weight is 495 g/mol. The molecule has 0 saturated carbocycles. The molecule has 0 aliphatic carbocycles. The van der Waals surface area contributed by atoms with Crippen molar-refractivity contribution >= 4 is 46.8 Å². The Labute approximate surface area is 203 Å². The Kier molecular flexibility index (Phi) is 9.57. The predicted octanol–water partition coefficient (Wildman–Crippen LogP) is 5.16. The quantitative estimate of drug-likeness (QED) is 0.522. The minimum Gasteiger partial charge on any atom is -0.493 e. The van der Waals surface area contributed by atoms with Gasteiger partial charge in [0.15, 0.2) is 0 Å². The molecule has 0 aromatic heterocycles. The molecular formula is C24H28Cl2N2O3S.